The molecule has 4 rings (SSSR count). The number of anilines is 1. The van der Waals surface area contributed by atoms with Crippen molar-refractivity contribution in [3.8, 4) is 0 Å². The van der Waals surface area contributed by atoms with Crippen LogP contribution in [0.3, 0.4) is 0 Å². The Morgan fingerprint density at radius 3 is 2.76 bits per heavy atom. The van der Waals surface area contributed by atoms with Crippen molar-refractivity contribution in [1.82, 2.24) is 9.88 Å². The van der Waals surface area contributed by atoms with E-state index in [1.807, 2.05) is 6.07 Å². The topological polar surface area (TPSA) is 28.6 Å². The lowest BCUT2D eigenvalue weighted by atomic mass is 10.0. The fourth-order valence-corrected chi connectivity index (χ4v) is 4.84. The van der Waals surface area contributed by atoms with Crippen LogP contribution in [0.5, 0.6) is 0 Å². The summed E-state index contributed by atoms with van der Waals surface area (Å²) in [7, 11) is 0. The first-order valence-electron chi connectivity index (χ1n) is 8.96. The molecule has 1 atom stereocenters. The molecule has 2 fully saturated rings. The average Bonchev–Trinajstić information content (AvgIpc) is 2.61. The van der Waals surface area contributed by atoms with E-state index >= 15 is 0 Å². The van der Waals surface area contributed by atoms with Crippen LogP contribution in [-0.4, -0.2) is 54.8 Å². The smallest absolute Gasteiger partial charge is 0.129 e. The maximum atomic E-state index is 6.38. The van der Waals surface area contributed by atoms with Crippen molar-refractivity contribution in [3.63, 3.8) is 0 Å². The van der Waals surface area contributed by atoms with Crippen LogP contribution in [0.15, 0.2) is 28.7 Å². The zero-order valence-electron chi connectivity index (χ0n) is 14.4. The fourth-order valence-electron chi connectivity index (χ4n) is 3.96. The van der Waals surface area contributed by atoms with Crippen LogP contribution in [0.1, 0.15) is 19.8 Å². The van der Waals surface area contributed by atoms with Crippen molar-refractivity contribution in [3.05, 3.63) is 33.8 Å². The highest BCUT2D eigenvalue weighted by Crippen LogP contribution is 2.30. The molecule has 0 N–H and O–H groups in total. The minimum Gasteiger partial charge on any atom is -0.376 e. The molecule has 2 aromatic rings. The van der Waals surface area contributed by atoms with Crippen molar-refractivity contribution in [2.45, 2.75) is 31.9 Å². The summed E-state index contributed by atoms with van der Waals surface area (Å²) in [6.07, 6.45) is 2.72. The minimum atomic E-state index is 0.357. The van der Waals surface area contributed by atoms with Gasteiger partial charge in [-0.3, -0.25) is 4.90 Å². The highest BCUT2D eigenvalue weighted by atomic mass is 79.9. The molecule has 0 bridgehead atoms. The van der Waals surface area contributed by atoms with Gasteiger partial charge in [0.2, 0.25) is 0 Å². The summed E-state index contributed by atoms with van der Waals surface area (Å²) in [4.78, 5) is 9.82. The van der Waals surface area contributed by atoms with Gasteiger partial charge in [-0.15, -0.1) is 0 Å². The summed E-state index contributed by atoms with van der Waals surface area (Å²) in [5.41, 5.74) is 0.881. The minimum absolute atomic E-state index is 0.357. The van der Waals surface area contributed by atoms with Crippen LogP contribution in [0, 0.1) is 0 Å². The molecule has 0 spiro atoms. The molecule has 1 aromatic carbocycles. The summed E-state index contributed by atoms with van der Waals surface area (Å²) in [5.74, 6) is 1.03. The van der Waals surface area contributed by atoms with Crippen LogP contribution in [0.2, 0.25) is 5.02 Å². The molecule has 6 heteroatoms. The van der Waals surface area contributed by atoms with E-state index in [2.05, 4.69) is 50.9 Å². The third kappa shape index (κ3) is 3.80. The second kappa shape index (κ2) is 7.39. The first kappa shape index (κ1) is 17.5. The Labute approximate surface area is 162 Å². The quantitative estimate of drug-likeness (QED) is 0.717. The number of pyridine rings is 1. The summed E-state index contributed by atoms with van der Waals surface area (Å²) >= 11 is 9.87. The van der Waals surface area contributed by atoms with Gasteiger partial charge < -0.3 is 9.64 Å². The molecule has 0 radical (unpaired) electrons. The van der Waals surface area contributed by atoms with E-state index in [1.165, 1.54) is 12.8 Å². The molecule has 134 valence electrons. The van der Waals surface area contributed by atoms with E-state index in [1.54, 1.807) is 0 Å². The Balaban J connectivity index is 1.46. The highest BCUT2D eigenvalue weighted by molar-refractivity contribution is 9.10. The molecule has 0 amide bonds. The SMILES string of the molecule is CC1CN(C2CCN(c3ccc4cc(Br)cc(Cl)c4n3)CC2)CCO1. The number of nitrogens with zero attached hydrogens (tertiary/aromatic N) is 3. The zero-order valence-corrected chi connectivity index (χ0v) is 16.8. The number of hydrogen-bond donors (Lipinski definition) is 0. The summed E-state index contributed by atoms with van der Waals surface area (Å²) < 4.78 is 6.66. The maximum Gasteiger partial charge on any atom is 0.129 e. The Kier molecular flexibility index (Phi) is 5.18. The van der Waals surface area contributed by atoms with Crippen molar-refractivity contribution >= 4 is 44.3 Å². The summed E-state index contributed by atoms with van der Waals surface area (Å²) in [6, 6.07) is 8.87. The van der Waals surface area contributed by atoms with Gasteiger partial charge in [0.25, 0.3) is 0 Å². The second-order valence-electron chi connectivity index (χ2n) is 7.02. The lowest BCUT2D eigenvalue weighted by Crippen LogP contribution is -2.51. The maximum absolute atomic E-state index is 6.38. The Hall–Kier alpha value is -0.880. The number of benzene rings is 1. The van der Waals surface area contributed by atoms with E-state index < -0.39 is 0 Å². The molecule has 2 aliphatic rings. The molecule has 1 aromatic heterocycles. The first-order valence-corrected chi connectivity index (χ1v) is 10.1. The van der Waals surface area contributed by atoms with Gasteiger partial charge in [0.1, 0.15) is 5.82 Å². The largest absolute Gasteiger partial charge is 0.376 e. The molecule has 0 saturated carbocycles. The number of ether oxygens (including phenoxy) is 1. The van der Waals surface area contributed by atoms with E-state index in [0.29, 0.717) is 17.2 Å². The van der Waals surface area contributed by atoms with Crippen LogP contribution >= 0.6 is 27.5 Å². The Morgan fingerprint density at radius 1 is 1.20 bits per heavy atom. The van der Waals surface area contributed by atoms with Crippen LogP contribution < -0.4 is 4.90 Å². The van der Waals surface area contributed by atoms with Gasteiger partial charge in [0.05, 0.1) is 23.3 Å². The van der Waals surface area contributed by atoms with E-state index in [4.69, 9.17) is 21.3 Å². The van der Waals surface area contributed by atoms with Crippen molar-refractivity contribution in [2.24, 2.45) is 0 Å². The first-order chi connectivity index (χ1) is 12.1. The van der Waals surface area contributed by atoms with Crippen molar-refractivity contribution in [2.75, 3.05) is 37.7 Å². The number of aromatic nitrogens is 1. The molecular weight excluding hydrogens is 402 g/mol. The van der Waals surface area contributed by atoms with Gasteiger partial charge in [-0.2, -0.15) is 0 Å². The predicted molar refractivity (Wildman–Crippen MR) is 107 cm³/mol. The fraction of sp³-hybridized carbons (Fsp3) is 0.526. The normalized spacial score (nSPS) is 23.3. The number of fused-ring (bicyclic) bond motifs is 1. The standard InChI is InChI=1S/C19H23BrClN3O/c1-13-12-24(8-9-25-13)16-4-6-23(7-5-16)18-3-2-14-10-15(20)11-17(21)19(14)22-18/h2-3,10-11,13,16H,4-9,12H2,1H3. The Morgan fingerprint density at radius 2 is 2.00 bits per heavy atom. The Bertz CT molecular complexity index is 764. The van der Waals surface area contributed by atoms with Crippen LogP contribution in [0.4, 0.5) is 5.82 Å². The van der Waals surface area contributed by atoms with Crippen molar-refractivity contribution < 1.29 is 4.74 Å². The van der Waals surface area contributed by atoms with Gasteiger partial charge in [-0.25, -0.2) is 4.98 Å². The molecular formula is C19H23BrClN3O. The van der Waals surface area contributed by atoms with Crippen molar-refractivity contribution in [1.29, 1.82) is 0 Å². The second-order valence-corrected chi connectivity index (χ2v) is 8.35. The predicted octanol–water partition coefficient (Wildman–Crippen LogP) is 4.34. The number of morpholine rings is 1. The highest BCUT2D eigenvalue weighted by Gasteiger charge is 2.28. The summed E-state index contributed by atoms with van der Waals surface area (Å²) in [6.45, 7) is 7.24. The lowest BCUT2D eigenvalue weighted by Gasteiger charge is -2.42. The van der Waals surface area contributed by atoms with Gasteiger partial charge in [0, 0.05) is 42.1 Å². The number of halogens is 2. The van der Waals surface area contributed by atoms with Gasteiger partial charge in [0.15, 0.2) is 0 Å². The van der Waals surface area contributed by atoms with Gasteiger partial charge in [-0.1, -0.05) is 27.5 Å². The van der Waals surface area contributed by atoms with Gasteiger partial charge >= 0.3 is 0 Å². The monoisotopic (exact) mass is 423 g/mol. The van der Waals surface area contributed by atoms with Gasteiger partial charge in [-0.05, 0) is 44.0 Å². The zero-order chi connectivity index (χ0) is 17.4. The molecule has 4 nitrogen and oxygen atoms in total. The molecule has 0 aliphatic carbocycles. The number of rotatable bonds is 2. The van der Waals surface area contributed by atoms with E-state index in [-0.39, 0.29) is 0 Å². The van der Waals surface area contributed by atoms with Crippen LogP contribution in [0.25, 0.3) is 10.9 Å². The van der Waals surface area contributed by atoms with E-state index in [9.17, 15) is 0 Å². The molecule has 1 unspecified atom stereocenters. The third-order valence-corrected chi connectivity index (χ3v) is 6.02. The molecule has 25 heavy (non-hydrogen) atoms. The lowest BCUT2D eigenvalue weighted by molar-refractivity contribution is -0.0373. The number of piperidine rings is 1. The van der Waals surface area contributed by atoms with Crippen LogP contribution in [-0.2, 0) is 4.74 Å². The molecule has 2 saturated heterocycles. The molecule has 2 aliphatic heterocycles. The third-order valence-electron chi connectivity index (χ3n) is 5.27. The summed E-state index contributed by atoms with van der Waals surface area (Å²) in [5, 5.41) is 1.77. The average molecular weight is 425 g/mol. The number of hydrogen-bond acceptors (Lipinski definition) is 4. The molecule has 3 heterocycles. The van der Waals surface area contributed by atoms with E-state index in [0.717, 1.165) is 54.0 Å².